The Morgan fingerprint density at radius 3 is 3.00 bits per heavy atom. The number of hydrogen-bond acceptors (Lipinski definition) is 1. The Balaban J connectivity index is 1.75. The summed E-state index contributed by atoms with van der Waals surface area (Å²) < 4.78 is 13.4. The molecule has 1 aliphatic heterocycles. The summed E-state index contributed by atoms with van der Waals surface area (Å²) in [5.74, 6) is 0.287. The number of nitrogens with one attached hydrogen (secondary N) is 1. The lowest BCUT2D eigenvalue weighted by Gasteiger charge is -2.25. The van der Waals surface area contributed by atoms with E-state index in [-0.39, 0.29) is 16.9 Å². The SMILES string of the molecule is Cc1cc(NC(=O)N2CC3CCCC2C3)c(Cl)cc1F. The molecule has 1 saturated carbocycles. The van der Waals surface area contributed by atoms with Crippen molar-refractivity contribution in [1.82, 2.24) is 4.90 Å². The fourth-order valence-corrected chi connectivity index (χ4v) is 3.53. The number of halogens is 2. The van der Waals surface area contributed by atoms with E-state index in [1.54, 1.807) is 13.0 Å². The predicted octanol–water partition coefficient (Wildman–Crippen LogP) is 4.19. The van der Waals surface area contributed by atoms with Crippen molar-refractivity contribution in [2.45, 2.75) is 38.6 Å². The molecule has 2 amide bonds. The molecule has 5 heteroatoms. The molecular weight excluding hydrogens is 279 g/mol. The van der Waals surface area contributed by atoms with Crippen LogP contribution >= 0.6 is 11.6 Å². The van der Waals surface area contributed by atoms with E-state index in [1.165, 1.54) is 18.9 Å². The van der Waals surface area contributed by atoms with Gasteiger partial charge in [-0.2, -0.15) is 0 Å². The molecular formula is C15H18ClFN2O. The van der Waals surface area contributed by atoms with Gasteiger partial charge >= 0.3 is 6.03 Å². The summed E-state index contributed by atoms with van der Waals surface area (Å²) in [6, 6.07) is 3.06. The zero-order valence-electron chi connectivity index (χ0n) is 11.5. The summed E-state index contributed by atoms with van der Waals surface area (Å²) in [6.45, 7) is 2.48. The van der Waals surface area contributed by atoms with Gasteiger partial charge in [-0.05, 0) is 49.8 Å². The molecule has 108 valence electrons. The molecule has 1 saturated heterocycles. The molecule has 2 fully saturated rings. The summed E-state index contributed by atoms with van der Waals surface area (Å²) >= 11 is 5.99. The van der Waals surface area contributed by atoms with E-state index in [1.807, 2.05) is 4.90 Å². The van der Waals surface area contributed by atoms with Crippen LogP contribution in [-0.2, 0) is 0 Å². The van der Waals surface area contributed by atoms with E-state index in [0.717, 1.165) is 19.4 Å². The van der Waals surface area contributed by atoms with Crippen LogP contribution in [0.15, 0.2) is 12.1 Å². The third-order valence-electron chi connectivity index (χ3n) is 4.40. The zero-order valence-corrected chi connectivity index (χ0v) is 12.2. The molecule has 1 heterocycles. The normalized spacial score (nSPS) is 24.9. The molecule has 1 aromatic carbocycles. The standard InChI is InChI=1S/C15H18ClFN2O/c1-9-5-14(12(16)7-13(9)17)18-15(20)19-8-10-3-2-4-11(19)6-10/h5,7,10-11H,2-4,6,8H2,1H3,(H,18,20). The minimum atomic E-state index is -0.356. The number of amides is 2. The van der Waals surface area contributed by atoms with E-state index in [9.17, 15) is 9.18 Å². The van der Waals surface area contributed by atoms with Gasteiger partial charge in [0.2, 0.25) is 0 Å². The van der Waals surface area contributed by atoms with E-state index in [2.05, 4.69) is 5.32 Å². The van der Waals surface area contributed by atoms with Crippen LogP contribution in [0.1, 0.15) is 31.2 Å². The Bertz CT molecular complexity index is 549. The van der Waals surface area contributed by atoms with Gasteiger partial charge in [0.25, 0.3) is 0 Å². The first kappa shape index (κ1) is 13.7. The van der Waals surface area contributed by atoms with Crippen molar-refractivity contribution in [3.63, 3.8) is 0 Å². The lowest BCUT2D eigenvalue weighted by atomic mass is 9.91. The van der Waals surface area contributed by atoms with E-state index < -0.39 is 0 Å². The van der Waals surface area contributed by atoms with Crippen molar-refractivity contribution in [1.29, 1.82) is 0 Å². The second-order valence-corrected chi connectivity index (χ2v) is 6.26. The highest BCUT2D eigenvalue weighted by Crippen LogP contribution is 2.36. The number of benzene rings is 1. The smallest absolute Gasteiger partial charge is 0.321 e. The van der Waals surface area contributed by atoms with Crippen LogP contribution in [0.2, 0.25) is 5.02 Å². The third-order valence-corrected chi connectivity index (χ3v) is 4.71. The van der Waals surface area contributed by atoms with Crippen LogP contribution in [0, 0.1) is 18.7 Å². The summed E-state index contributed by atoms with van der Waals surface area (Å²) in [4.78, 5) is 14.3. The first-order valence-electron chi connectivity index (χ1n) is 7.08. The van der Waals surface area contributed by atoms with Crippen LogP contribution in [-0.4, -0.2) is 23.5 Å². The van der Waals surface area contributed by atoms with E-state index in [0.29, 0.717) is 23.2 Å². The molecule has 2 aliphatic rings. The van der Waals surface area contributed by atoms with Crippen molar-refractivity contribution in [2.75, 3.05) is 11.9 Å². The summed E-state index contributed by atoms with van der Waals surface area (Å²) in [5.41, 5.74) is 0.960. The highest BCUT2D eigenvalue weighted by Gasteiger charge is 2.37. The van der Waals surface area contributed by atoms with Gasteiger partial charge in [0.05, 0.1) is 10.7 Å². The minimum absolute atomic E-state index is 0.118. The molecule has 2 atom stereocenters. The van der Waals surface area contributed by atoms with Crippen molar-refractivity contribution in [2.24, 2.45) is 5.92 Å². The minimum Gasteiger partial charge on any atom is -0.321 e. The average molecular weight is 297 g/mol. The van der Waals surface area contributed by atoms with Crippen molar-refractivity contribution < 1.29 is 9.18 Å². The second kappa shape index (κ2) is 5.24. The van der Waals surface area contributed by atoms with E-state index in [4.69, 9.17) is 11.6 Å². The van der Waals surface area contributed by atoms with Gasteiger partial charge in [-0.15, -0.1) is 0 Å². The second-order valence-electron chi connectivity index (χ2n) is 5.85. The fourth-order valence-electron chi connectivity index (χ4n) is 3.33. The molecule has 3 nitrogen and oxygen atoms in total. The van der Waals surface area contributed by atoms with Crippen LogP contribution < -0.4 is 5.32 Å². The fraction of sp³-hybridized carbons (Fsp3) is 0.533. The molecule has 0 aromatic heterocycles. The number of urea groups is 1. The number of fused-ring (bicyclic) bond motifs is 2. The lowest BCUT2D eigenvalue weighted by Crippen LogP contribution is -2.38. The number of rotatable bonds is 1. The Morgan fingerprint density at radius 1 is 1.45 bits per heavy atom. The lowest BCUT2D eigenvalue weighted by molar-refractivity contribution is 0.204. The molecule has 0 radical (unpaired) electrons. The number of carbonyl (C=O) groups excluding carboxylic acids is 1. The Labute approximate surface area is 123 Å². The van der Waals surface area contributed by atoms with E-state index >= 15 is 0 Å². The Morgan fingerprint density at radius 2 is 2.25 bits per heavy atom. The first-order valence-corrected chi connectivity index (χ1v) is 7.45. The topological polar surface area (TPSA) is 32.3 Å². The van der Waals surface area contributed by atoms with Gasteiger partial charge in [-0.25, -0.2) is 9.18 Å². The largest absolute Gasteiger partial charge is 0.322 e. The highest BCUT2D eigenvalue weighted by molar-refractivity contribution is 6.33. The zero-order chi connectivity index (χ0) is 14.3. The van der Waals surface area contributed by atoms with Crippen LogP contribution in [0.25, 0.3) is 0 Å². The first-order chi connectivity index (χ1) is 9.54. The highest BCUT2D eigenvalue weighted by atomic mass is 35.5. The molecule has 20 heavy (non-hydrogen) atoms. The number of aryl methyl sites for hydroxylation is 1. The van der Waals surface area contributed by atoms with Crippen molar-refractivity contribution in [3.05, 3.63) is 28.5 Å². The Hall–Kier alpha value is -1.29. The molecule has 2 bridgehead atoms. The summed E-state index contributed by atoms with van der Waals surface area (Å²) in [5, 5.41) is 3.06. The quantitative estimate of drug-likeness (QED) is 0.828. The predicted molar refractivity (Wildman–Crippen MR) is 77.6 cm³/mol. The molecule has 2 unspecified atom stereocenters. The molecule has 0 spiro atoms. The van der Waals surface area contributed by atoms with Gasteiger partial charge in [-0.1, -0.05) is 18.0 Å². The summed E-state index contributed by atoms with van der Waals surface area (Å²) in [6.07, 6.45) is 4.62. The maximum Gasteiger partial charge on any atom is 0.322 e. The number of anilines is 1. The monoisotopic (exact) mass is 296 g/mol. The molecule has 1 N–H and O–H groups in total. The number of carbonyl (C=O) groups is 1. The van der Waals surface area contributed by atoms with Gasteiger partial charge in [-0.3, -0.25) is 0 Å². The maximum absolute atomic E-state index is 13.4. The van der Waals surface area contributed by atoms with Gasteiger partial charge in [0.1, 0.15) is 5.82 Å². The van der Waals surface area contributed by atoms with Crippen molar-refractivity contribution in [3.8, 4) is 0 Å². The number of nitrogens with zero attached hydrogens (tertiary/aromatic N) is 1. The molecule has 3 rings (SSSR count). The number of hydrogen-bond donors (Lipinski definition) is 1. The molecule has 1 aromatic rings. The summed E-state index contributed by atoms with van der Waals surface area (Å²) in [7, 11) is 0. The maximum atomic E-state index is 13.4. The van der Waals surface area contributed by atoms with Crippen molar-refractivity contribution >= 4 is 23.3 Å². The third kappa shape index (κ3) is 2.49. The Kier molecular flexibility index (Phi) is 3.59. The number of likely N-dealkylation sites (tertiary alicyclic amines) is 1. The van der Waals surface area contributed by atoms with Crippen LogP contribution in [0.3, 0.4) is 0 Å². The average Bonchev–Trinajstić information content (AvgIpc) is 2.70. The van der Waals surface area contributed by atoms with Gasteiger partial charge < -0.3 is 10.2 Å². The van der Waals surface area contributed by atoms with Crippen LogP contribution in [0.4, 0.5) is 14.9 Å². The molecule has 1 aliphatic carbocycles. The van der Waals surface area contributed by atoms with Crippen LogP contribution in [0.5, 0.6) is 0 Å². The van der Waals surface area contributed by atoms with Gasteiger partial charge in [0.15, 0.2) is 0 Å². The van der Waals surface area contributed by atoms with Gasteiger partial charge in [0, 0.05) is 12.6 Å².